The van der Waals surface area contributed by atoms with Gasteiger partial charge in [-0.1, -0.05) is 12.1 Å². The Morgan fingerprint density at radius 1 is 1.05 bits per heavy atom. The van der Waals surface area contributed by atoms with E-state index < -0.39 is 17.5 Å². The highest BCUT2D eigenvalue weighted by Gasteiger charge is 2.10. The lowest BCUT2D eigenvalue weighted by molar-refractivity contribution is 0.385. The van der Waals surface area contributed by atoms with Crippen molar-refractivity contribution in [2.24, 2.45) is 0 Å². The standard InChI is InChI=1S/C16H16F3NO/c1-10(11-4-6-16(21-2)15(19)7-11)20-9-12-3-5-13(17)8-14(12)18/h3-8,10,20H,9H2,1-2H3. The molecule has 2 rings (SSSR count). The number of nitrogens with one attached hydrogen (secondary N) is 1. The zero-order valence-corrected chi connectivity index (χ0v) is 11.8. The number of ether oxygens (including phenoxy) is 1. The van der Waals surface area contributed by atoms with Gasteiger partial charge < -0.3 is 10.1 Å². The van der Waals surface area contributed by atoms with Gasteiger partial charge in [-0.15, -0.1) is 0 Å². The van der Waals surface area contributed by atoms with Gasteiger partial charge in [-0.3, -0.25) is 0 Å². The van der Waals surface area contributed by atoms with Crippen molar-refractivity contribution in [3.05, 3.63) is 65.0 Å². The summed E-state index contributed by atoms with van der Waals surface area (Å²) < 4.78 is 44.8. The van der Waals surface area contributed by atoms with Gasteiger partial charge in [-0.05, 0) is 30.7 Å². The average molecular weight is 295 g/mol. The Morgan fingerprint density at radius 2 is 1.81 bits per heavy atom. The van der Waals surface area contributed by atoms with Crippen molar-refractivity contribution in [2.75, 3.05) is 7.11 Å². The van der Waals surface area contributed by atoms with E-state index in [0.29, 0.717) is 5.56 Å². The fourth-order valence-corrected chi connectivity index (χ4v) is 2.00. The van der Waals surface area contributed by atoms with Crippen LogP contribution >= 0.6 is 0 Å². The van der Waals surface area contributed by atoms with E-state index in [1.165, 1.54) is 25.3 Å². The van der Waals surface area contributed by atoms with Crippen molar-refractivity contribution < 1.29 is 17.9 Å². The lowest BCUT2D eigenvalue weighted by Crippen LogP contribution is -2.19. The van der Waals surface area contributed by atoms with E-state index >= 15 is 0 Å². The maximum atomic E-state index is 13.6. The molecule has 0 radical (unpaired) electrons. The molecule has 2 aromatic carbocycles. The summed E-state index contributed by atoms with van der Waals surface area (Å²) in [6, 6.07) is 7.90. The SMILES string of the molecule is COc1ccc(C(C)NCc2ccc(F)cc2F)cc1F. The molecule has 1 unspecified atom stereocenters. The van der Waals surface area contributed by atoms with Gasteiger partial charge in [-0.25, -0.2) is 13.2 Å². The number of halogens is 3. The highest BCUT2D eigenvalue weighted by Crippen LogP contribution is 2.22. The molecule has 1 atom stereocenters. The van der Waals surface area contributed by atoms with Gasteiger partial charge in [0.2, 0.25) is 0 Å². The second-order valence-corrected chi connectivity index (χ2v) is 4.73. The van der Waals surface area contributed by atoms with Gasteiger partial charge in [0, 0.05) is 24.2 Å². The number of methoxy groups -OCH3 is 1. The van der Waals surface area contributed by atoms with Crippen LogP contribution in [0.15, 0.2) is 36.4 Å². The summed E-state index contributed by atoms with van der Waals surface area (Å²) in [6.45, 7) is 2.06. The predicted octanol–water partition coefficient (Wildman–Crippen LogP) is 3.96. The van der Waals surface area contributed by atoms with Gasteiger partial charge in [0.05, 0.1) is 7.11 Å². The Balaban J connectivity index is 2.04. The number of rotatable bonds is 5. The second-order valence-electron chi connectivity index (χ2n) is 4.73. The lowest BCUT2D eigenvalue weighted by atomic mass is 10.1. The molecule has 5 heteroatoms. The molecule has 0 aromatic heterocycles. The maximum Gasteiger partial charge on any atom is 0.165 e. The van der Waals surface area contributed by atoms with E-state index in [1.54, 1.807) is 12.1 Å². The summed E-state index contributed by atoms with van der Waals surface area (Å²) in [4.78, 5) is 0. The predicted molar refractivity (Wildman–Crippen MR) is 74.6 cm³/mol. The molecule has 21 heavy (non-hydrogen) atoms. The summed E-state index contributed by atoms with van der Waals surface area (Å²) in [5.41, 5.74) is 1.08. The van der Waals surface area contributed by atoms with Crippen molar-refractivity contribution in [3.63, 3.8) is 0 Å². The molecular formula is C16H16F3NO. The molecule has 0 aliphatic carbocycles. The van der Waals surface area contributed by atoms with Crippen molar-refractivity contribution >= 4 is 0 Å². The molecule has 0 spiro atoms. The Hall–Kier alpha value is -2.01. The first-order chi connectivity index (χ1) is 10.0. The van der Waals surface area contributed by atoms with E-state index in [9.17, 15) is 13.2 Å². The third-order valence-electron chi connectivity index (χ3n) is 3.29. The van der Waals surface area contributed by atoms with E-state index in [4.69, 9.17) is 4.74 Å². The molecule has 0 aliphatic rings. The van der Waals surface area contributed by atoms with Crippen LogP contribution in [-0.4, -0.2) is 7.11 Å². The van der Waals surface area contributed by atoms with Gasteiger partial charge >= 0.3 is 0 Å². The van der Waals surface area contributed by atoms with Gasteiger partial charge in [-0.2, -0.15) is 0 Å². The molecule has 0 saturated carbocycles. The van der Waals surface area contributed by atoms with Crippen LogP contribution in [0.1, 0.15) is 24.1 Å². The highest BCUT2D eigenvalue weighted by molar-refractivity contribution is 5.31. The zero-order valence-electron chi connectivity index (χ0n) is 11.8. The molecule has 0 amide bonds. The lowest BCUT2D eigenvalue weighted by Gasteiger charge is -2.15. The third-order valence-corrected chi connectivity index (χ3v) is 3.29. The number of hydrogen-bond acceptors (Lipinski definition) is 2. The molecule has 1 N–H and O–H groups in total. The summed E-state index contributed by atoms with van der Waals surface area (Å²) >= 11 is 0. The molecular weight excluding hydrogens is 279 g/mol. The Bertz CT molecular complexity index is 631. The van der Waals surface area contributed by atoms with E-state index in [1.807, 2.05) is 6.92 Å². The van der Waals surface area contributed by atoms with Crippen LogP contribution in [0.25, 0.3) is 0 Å². The summed E-state index contributed by atoms with van der Waals surface area (Å²) in [5, 5.41) is 3.07. The van der Waals surface area contributed by atoms with Crippen LogP contribution in [0.3, 0.4) is 0 Å². The van der Waals surface area contributed by atoms with Gasteiger partial charge in [0.15, 0.2) is 11.6 Å². The highest BCUT2D eigenvalue weighted by atomic mass is 19.1. The first-order valence-corrected chi connectivity index (χ1v) is 6.52. The minimum Gasteiger partial charge on any atom is -0.494 e. The molecule has 0 bridgehead atoms. The van der Waals surface area contributed by atoms with E-state index in [-0.39, 0.29) is 18.3 Å². The molecule has 2 nitrogen and oxygen atoms in total. The minimum atomic E-state index is -0.610. The number of hydrogen-bond donors (Lipinski definition) is 1. The van der Waals surface area contributed by atoms with Crippen molar-refractivity contribution in [1.29, 1.82) is 0 Å². The number of benzene rings is 2. The first-order valence-electron chi connectivity index (χ1n) is 6.52. The molecule has 2 aromatic rings. The van der Waals surface area contributed by atoms with Gasteiger partial charge in [0.1, 0.15) is 11.6 Å². The Labute approximate surface area is 121 Å². The van der Waals surface area contributed by atoms with Crippen LogP contribution in [0.4, 0.5) is 13.2 Å². The van der Waals surface area contributed by atoms with Crippen molar-refractivity contribution in [1.82, 2.24) is 5.32 Å². The Kier molecular flexibility index (Phi) is 4.85. The second kappa shape index (κ2) is 6.63. The van der Waals surface area contributed by atoms with Crippen LogP contribution in [-0.2, 0) is 6.54 Å². The minimum absolute atomic E-state index is 0.176. The molecule has 0 heterocycles. The fraction of sp³-hybridized carbons (Fsp3) is 0.250. The molecule has 112 valence electrons. The molecule has 0 fully saturated rings. The van der Waals surface area contributed by atoms with Crippen LogP contribution < -0.4 is 10.1 Å². The van der Waals surface area contributed by atoms with Crippen molar-refractivity contribution in [3.8, 4) is 5.75 Å². The Morgan fingerprint density at radius 3 is 2.43 bits per heavy atom. The van der Waals surface area contributed by atoms with Crippen LogP contribution in [0, 0.1) is 17.5 Å². The van der Waals surface area contributed by atoms with Crippen LogP contribution in [0.5, 0.6) is 5.75 Å². The largest absolute Gasteiger partial charge is 0.494 e. The molecule has 0 aliphatic heterocycles. The third kappa shape index (κ3) is 3.76. The summed E-state index contributed by atoms with van der Waals surface area (Å²) in [7, 11) is 1.40. The average Bonchev–Trinajstić information content (AvgIpc) is 2.46. The smallest absolute Gasteiger partial charge is 0.165 e. The normalized spacial score (nSPS) is 12.2. The zero-order chi connectivity index (χ0) is 15.4. The first kappa shape index (κ1) is 15.4. The monoisotopic (exact) mass is 295 g/mol. The van der Waals surface area contributed by atoms with Crippen LogP contribution in [0.2, 0.25) is 0 Å². The maximum absolute atomic E-state index is 13.6. The molecule has 0 saturated heterocycles. The van der Waals surface area contributed by atoms with E-state index in [2.05, 4.69) is 5.32 Å². The topological polar surface area (TPSA) is 21.3 Å². The fourth-order valence-electron chi connectivity index (χ4n) is 2.00. The summed E-state index contributed by atoms with van der Waals surface area (Å²) in [5.74, 6) is -1.48. The quantitative estimate of drug-likeness (QED) is 0.901. The van der Waals surface area contributed by atoms with Crippen molar-refractivity contribution in [2.45, 2.75) is 19.5 Å². The summed E-state index contributed by atoms with van der Waals surface area (Å²) in [6.07, 6.45) is 0. The van der Waals surface area contributed by atoms with Gasteiger partial charge in [0.25, 0.3) is 0 Å². The van der Waals surface area contributed by atoms with E-state index in [0.717, 1.165) is 11.6 Å².